The molecule has 1 N–H and O–H groups in total. The molecule has 0 saturated heterocycles. The lowest BCUT2D eigenvalue weighted by atomic mass is 9.44. The molecule has 1 unspecified atom stereocenters. The summed E-state index contributed by atoms with van der Waals surface area (Å²) in [7, 11) is 0. The van der Waals surface area contributed by atoms with Crippen molar-refractivity contribution in [3.63, 3.8) is 0 Å². The highest BCUT2D eigenvalue weighted by Crippen LogP contribution is 2.67. The van der Waals surface area contributed by atoms with Crippen LogP contribution in [0.2, 0.25) is 0 Å². The fourth-order valence-corrected chi connectivity index (χ4v) is 8.34. The maximum atomic E-state index is 12.3. The number of rotatable bonds is 3. The summed E-state index contributed by atoms with van der Waals surface area (Å²) in [5.41, 5.74) is 0.198. The lowest BCUT2D eigenvalue weighted by molar-refractivity contribution is -0.193. The van der Waals surface area contributed by atoms with E-state index in [0.717, 1.165) is 32.1 Å². The number of esters is 1. The number of hydrogen-bond donors (Lipinski definition) is 1. The molecule has 4 rings (SSSR count). The van der Waals surface area contributed by atoms with Crippen molar-refractivity contribution >= 4 is 11.8 Å². The first-order chi connectivity index (χ1) is 12.8. The van der Waals surface area contributed by atoms with E-state index in [1.54, 1.807) is 6.92 Å². The van der Waals surface area contributed by atoms with Crippen LogP contribution in [0.15, 0.2) is 0 Å². The highest BCUT2D eigenvalue weighted by molar-refractivity contribution is 5.79. The van der Waals surface area contributed by atoms with Gasteiger partial charge in [-0.2, -0.15) is 0 Å². The van der Waals surface area contributed by atoms with Crippen LogP contribution in [0.5, 0.6) is 0 Å². The van der Waals surface area contributed by atoms with Crippen LogP contribution in [0.4, 0.5) is 0 Å². The molecule has 0 aromatic heterocycles. The van der Waals surface area contributed by atoms with Crippen LogP contribution in [-0.4, -0.2) is 29.6 Å². The number of carbonyl (C=O) groups excluding carboxylic acids is 2. The van der Waals surface area contributed by atoms with E-state index in [4.69, 9.17) is 4.74 Å². The van der Waals surface area contributed by atoms with Gasteiger partial charge < -0.3 is 9.84 Å². The van der Waals surface area contributed by atoms with Crippen LogP contribution in [0.25, 0.3) is 0 Å². The van der Waals surface area contributed by atoms with Crippen LogP contribution in [0.1, 0.15) is 78.6 Å². The molecule has 0 heterocycles. The van der Waals surface area contributed by atoms with Gasteiger partial charge in [0.2, 0.25) is 0 Å². The molecule has 4 heteroatoms. The zero-order chi connectivity index (χ0) is 19.4. The molecule has 0 aromatic rings. The molecule has 27 heavy (non-hydrogen) atoms. The monoisotopic (exact) mass is 376 g/mol. The summed E-state index contributed by atoms with van der Waals surface area (Å²) in [5, 5.41) is 9.21. The van der Waals surface area contributed by atoms with Gasteiger partial charge in [-0.15, -0.1) is 0 Å². The molecule has 4 saturated carbocycles. The predicted octanol–water partition coefficient (Wildman–Crippen LogP) is 4.14. The minimum Gasteiger partial charge on any atom is -0.460 e. The summed E-state index contributed by atoms with van der Waals surface area (Å²) in [6.07, 6.45) is 10.3. The van der Waals surface area contributed by atoms with Gasteiger partial charge in [-0.1, -0.05) is 13.8 Å². The van der Waals surface area contributed by atoms with Gasteiger partial charge in [0.1, 0.15) is 18.5 Å². The van der Waals surface area contributed by atoms with Gasteiger partial charge in [-0.05, 0) is 93.8 Å². The van der Waals surface area contributed by atoms with Gasteiger partial charge in [0.05, 0.1) is 0 Å². The maximum absolute atomic E-state index is 12.3. The van der Waals surface area contributed by atoms with Crippen LogP contribution >= 0.6 is 0 Å². The van der Waals surface area contributed by atoms with E-state index in [0.29, 0.717) is 29.5 Å². The van der Waals surface area contributed by atoms with E-state index < -0.39 is 12.6 Å². The summed E-state index contributed by atoms with van der Waals surface area (Å²) in [4.78, 5) is 24.2. The molecule has 0 spiro atoms. The van der Waals surface area contributed by atoms with Crippen molar-refractivity contribution in [1.29, 1.82) is 0 Å². The number of aliphatic hydroxyl groups excluding tert-OH is 1. The Morgan fingerprint density at radius 2 is 1.78 bits per heavy atom. The summed E-state index contributed by atoms with van der Waals surface area (Å²) in [6, 6.07) is 0. The molecule has 0 radical (unpaired) electrons. The molecule has 4 aliphatic carbocycles. The summed E-state index contributed by atoms with van der Waals surface area (Å²) in [6.45, 7) is 6.02. The van der Waals surface area contributed by atoms with Gasteiger partial charge in [0.25, 0.3) is 0 Å². The Kier molecular flexibility index (Phi) is 4.93. The predicted molar refractivity (Wildman–Crippen MR) is 103 cm³/mol. The van der Waals surface area contributed by atoms with E-state index in [1.165, 1.54) is 25.7 Å². The third-order valence-electron chi connectivity index (χ3n) is 9.57. The first kappa shape index (κ1) is 19.4. The van der Waals surface area contributed by atoms with Crippen molar-refractivity contribution in [3.05, 3.63) is 0 Å². The smallest absolute Gasteiger partial charge is 0.332 e. The van der Waals surface area contributed by atoms with Crippen LogP contribution in [-0.2, 0) is 14.3 Å². The second kappa shape index (κ2) is 6.86. The van der Waals surface area contributed by atoms with Gasteiger partial charge in [-0.25, -0.2) is 4.79 Å². The highest BCUT2D eigenvalue weighted by atomic mass is 16.6. The average Bonchev–Trinajstić information content (AvgIpc) is 2.99. The summed E-state index contributed by atoms with van der Waals surface area (Å²) >= 11 is 0. The maximum Gasteiger partial charge on any atom is 0.332 e. The Labute approximate surface area is 163 Å². The molecular weight excluding hydrogens is 340 g/mol. The Morgan fingerprint density at radius 1 is 1.00 bits per heavy atom. The van der Waals surface area contributed by atoms with E-state index in [1.807, 2.05) is 0 Å². The topological polar surface area (TPSA) is 63.6 Å². The largest absolute Gasteiger partial charge is 0.460 e. The van der Waals surface area contributed by atoms with E-state index >= 15 is 0 Å². The van der Waals surface area contributed by atoms with Gasteiger partial charge in [-0.3, -0.25) is 4.79 Å². The second-order valence-corrected chi connectivity index (χ2v) is 10.4. The van der Waals surface area contributed by atoms with Gasteiger partial charge >= 0.3 is 5.97 Å². The molecule has 0 amide bonds. The van der Waals surface area contributed by atoms with Crippen molar-refractivity contribution in [2.75, 3.05) is 6.61 Å². The van der Waals surface area contributed by atoms with Crippen molar-refractivity contribution in [3.8, 4) is 0 Å². The Balaban J connectivity index is 1.63. The molecule has 4 fully saturated rings. The van der Waals surface area contributed by atoms with Crippen molar-refractivity contribution < 1.29 is 19.4 Å². The van der Waals surface area contributed by atoms with E-state index in [-0.39, 0.29) is 22.9 Å². The van der Waals surface area contributed by atoms with Crippen LogP contribution in [0, 0.1) is 40.4 Å². The minimum absolute atomic E-state index is 0.0294. The molecule has 0 bridgehead atoms. The molecular formula is C23H36O4. The lowest BCUT2D eigenvalue weighted by Gasteiger charge is -2.62. The van der Waals surface area contributed by atoms with Crippen molar-refractivity contribution in [1.82, 2.24) is 0 Å². The SMILES string of the molecule is CC(=O)[C@H]1CC[C@H]2[C@@H]3CC[C@@H]4CCCC(OC(=O)CO)[C@]4(C)[C@H]3CC[C@]12C. The molecule has 0 aliphatic heterocycles. The fourth-order valence-electron chi connectivity index (χ4n) is 8.34. The average molecular weight is 377 g/mol. The number of fused-ring (bicyclic) bond motifs is 5. The third-order valence-corrected chi connectivity index (χ3v) is 9.57. The molecule has 152 valence electrons. The molecule has 0 aromatic carbocycles. The normalized spacial score (nSPS) is 48.9. The number of ketones is 1. The fraction of sp³-hybridized carbons (Fsp3) is 0.913. The number of hydrogen-bond acceptors (Lipinski definition) is 4. The van der Waals surface area contributed by atoms with Crippen molar-refractivity contribution in [2.24, 2.45) is 40.4 Å². The quantitative estimate of drug-likeness (QED) is 0.752. The molecule has 4 nitrogen and oxygen atoms in total. The zero-order valence-corrected chi connectivity index (χ0v) is 17.2. The van der Waals surface area contributed by atoms with Gasteiger partial charge in [0.15, 0.2) is 0 Å². The van der Waals surface area contributed by atoms with E-state index in [9.17, 15) is 14.7 Å². The first-order valence-electron chi connectivity index (χ1n) is 11.1. The van der Waals surface area contributed by atoms with Crippen molar-refractivity contribution in [2.45, 2.75) is 84.7 Å². The zero-order valence-electron chi connectivity index (χ0n) is 17.2. The number of carbonyl (C=O) groups is 2. The second-order valence-electron chi connectivity index (χ2n) is 10.4. The number of ether oxygens (including phenoxy) is 1. The van der Waals surface area contributed by atoms with E-state index in [2.05, 4.69) is 13.8 Å². The van der Waals surface area contributed by atoms with Gasteiger partial charge in [0, 0.05) is 11.3 Å². The Bertz CT molecular complexity index is 615. The van der Waals surface area contributed by atoms with Crippen LogP contribution < -0.4 is 0 Å². The summed E-state index contributed by atoms with van der Waals surface area (Å²) in [5.74, 6) is 2.65. The van der Waals surface area contributed by atoms with Crippen LogP contribution in [0.3, 0.4) is 0 Å². The Hall–Kier alpha value is -0.900. The third kappa shape index (κ3) is 2.81. The highest BCUT2D eigenvalue weighted by Gasteiger charge is 2.62. The minimum atomic E-state index is -0.521. The standard InChI is InChI=1S/C23H36O4/c1-14(25)17-9-10-18-16-8-7-15-5-4-6-20(27-21(26)13-24)23(15,3)19(16)11-12-22(17,18)2/h15-20,24H,4-13H2,1-3H3/t15-,16-,17+,18-,19-,20?,22+,23-/m0/s1. The summed E-state index contributed by atoms with van der Waals surface area (Å²) < 4.78 is 5.81. The number of aliphatic hydroxyl groups is 1. The lowest BCUT2D eigenvalue weighted by Crippen LogP contribution is -2.58. The Morgan fingerprint density at radius 3 is 2.48 bits per heavy atom. The molecule has 8 atom stereocenters. The number of Topliss-reactive ketones (excluding diaryl/α,β-unsaturated/α-hetero) is 1. The first-order valence-corrected chi connectivity index (χ1v) is 11.1. The molecule has 4 aliphatic rings.